The van der Waals surface area contributed by atoms with Crippen LogP contribution in [0.3, 0.4) is 0 Å². The van der Waals surface area contributed by atoms with Crippen molar-refractivity contribution >= 4 is 25.0 Å². The molecule has 7 heteroatoms. The number of hydrogen-bond donors (Lipinski definition) is 1. The van der Waals surface area contributed by atoms with Crippen molar-refractivity contribution < 1.29 is 18.2 Å². The van der Waals surface area contributed by atoms with E-state index in [0.717, 1.165) is 5.56 Å². The number of hydroxylamine groups is 1. The molecule has 1 aromatic carbocycles. The van der Waals surface area contributed by atoms with Crippen LogP contribution in [0.2, 0.25) is 0 Å². The summed E-state index contributed by atoms with van der Waals surface area (Å²) < 4.78 is 27.3. The summed E-state index contributed by atoms with van der Waals surface area (Å²) in [5.41, 5.74) is 3.10. The largest absolute Gasteiger partial charge is 0.496 e. The number of rotatable bonds is 8. The topological polar surface area (TPSA) is 56.8 Å². The summed E-state index contributed by atoms with van der Waals surface area (Å²) in [4.78, 5) is 0.397. The first-order valence-corrected chi connectivity index (χ1v) is 8.66. The SMILES string of the molecule is CCOP(=O)(OCC)ONC(=S)C(C)(C)c1ccccc1. The van der Waals surface area contributed by atoms with Gasteiger partial charge in [0.05, 0.1) is 13.2 Å². The van der Waals surface area contributed by atoms with E-state index in [1.807, 2.05) is 44.2 Å². The van der Waals surface area contributed by atoms with Crippen molar-refractivity contribution in [1.82, 2.24) is 5.48 Å². The molecule has 21 heavy (non-hydrogen) atoms. The normalized spacial score (nSPS) is 12.2. The van der Waals surface area contributed by atoms with Crippen molar-refractivity contribution in [2.75, 3.05) is 13.2 Å². The van der Waals surface area contributed by atoms with Gasteiger partial charge in [-0.15, -0.1) is 0 Å². The standard InChI is InChI=1S/C14H22NO4PS/c1-5-17-20(16,18-6-2)19-15-13(21)14(3,4)12-10-8-7-9-11-12/h7-11H,5-6H2,1-4H3,(H,15,21). The second-order valence-corrected chi connectivity index (χ2v) is 6.80. The van der Waals surface area contributed by atoms with Gasteiger partial charge >= 0.3 is 7.82 Å². The Morgan fingerprint density at radius 2 is 1.71 bits per heavy atom. The van der Waals surface area contributed by atoms with Gasteiger partial charge in [-0.1, -0.05) is 42.5 Å². The van der Waals surface area contributed by atoms with E-state index in [1.54, 1.807) is 13.8 Å². The van der Waals surface area contributed by atoms with E-state index >= 15 is 0 Å². The van der Waals surface area contributed by atoms with Gasteiger partial charge in [0, 0.05) is 5.41 Å². The van der Waals surface area contributed by atoms with Crippen molar-refractivity contribution in [3.05, 3.63) is 35.9 Å². The Labute approximate surface area is 131 Å². The van der Waals surface area contributed by atoms with Gasteiger partial charge in [0.25, 0.3) is 0 Å². The Morgan fingerprint density at radius 1 is 1.19 bits per heavy atom. The smallest absolute Gasteiger partial charge is 0.286 e. The van der Waals surface area contributed by atoms with Gasteiger partial charge in [-0.3, -0.25) is 9.05 Å². The molecule has 1 N–H and O–H groups in total. The molecule has 0 unspecified atom stereocenters. The molecule has 1 rings (SSSR count). The third kappa shape index (κ3) is 5.16. The van der Waals surface area contributed by atoms with Crippen molar-refractivity contribution in [3.63, 3.8) is 0 Å². The second-order valence-electron chi connectivity index (χ2n) is 4.80. The number of phosphoric ester groups is 1. The molecule has 0 aromatic heterocycles. The molecule has 0 aliphatic carbocycles. The van der Waals surface area contributed by atoms with Gasteiger partial charge in [-0.25, -0.2) is 10.0 Å². The molecule has 0 aliphatic rings. The van der Waals surface area contributed by atoms with Crippen LogP contribution in [0.15, 0.2) is 30.3 Å². The fraction of sp³-hybridized carbons (Fsp3) is 0.500. The average Bonchev–Trinajstić information content (AvgIpc) is 2.46. The van der Waals surface area contributed by atoms with Crippen molar-refractivity contribution in [2.45, 2.75) is 33.1 Å². The highest BCUT2D eigenvalue weighted by atomic mass is 32.1. The molecule has 0 saturated heterocycles. The van der Waals surface area contributed by atoms with E-state index in [1.165, 1.54) is 0 Å². The molecular weight excluding hydrogens is 309 g/mol. The summed E-state index contributed by atoms with van der Waals surface area (Å²) in [6, 6.07) is 9.75. The molecule has 0 bridgehead atoms. The highest BCUT2D eigenvalue weighted by Crippen LogP contribution is 2.48. The molecule has 1 aromatic rings. The quantitative estimate of drug-likeness (QED) is 0.441. The van der Waals surface area contributed by atoms with Gasteiger partial charge < -0.3 is 0 Å². The zero-order valence-electron chi connectivity index (χ0n) is 12.8. The Hall–Kier alpha value is -0.780. The molecule has 0 spiro atoms. The second kappa shape index (κ2) is 8.01. The van der Waals surface area contributed by atoms with Crippen molar-refractivity contribution in [1.29, 1.82) is 0 Å². The van der Waals surface area contributed by atoms with Gasteiger partial charge in [-0.2, -0.15) is 4.62 Å². The lowest BCUT2D eigenvalue weighted by Gasteiger charge is -2.27. The van der Waals surface area contributed by atoms with Crippen LogP contribution < -0.4 is 5.48 Å². The van der Waals surface area contributed by atoms with E-state index in [9.17, 15) is 4.57 Å². The minimum absolute atomic E-state index is 0.216. The molecular formula is C14H22NO4PS. The third-order valence-electron chi connectivity index (χ3n) is 2.89. The molecule has 0 saturated carbocycles. The first kappa shape index (κ1) is 18.3. The van der Waals surface area contributed by atoms with E-state index in [4.69, 9.17) is 25.9 Å². The van der Waals surface area contributed by atoms with Gasteiger partial charge in [0.1, 0.15) is 4.99 Å². The minimum Gasteiger partial charge on any atom is -0.286 e. The Kier molecular flexibility index (Phi) is 6.97. The molecule has 0 atom stereocenters. The Morgan fingerprint density at radius 3 is 2.19 bits per heavy atom. The number of nitrogens with one attached hydrogen (secondary N) is 1. The monoisotopic (exact) mass is 331 g/mol. The molecule has 0 aliphatic heterocycles. The third-order valence-corrected chi connectivity index (χ3v) is 4.95. The van der Waals surface area contributed by atoms with Crippen molar-refractivity contribution in [2.24, 2.45) is 0 Å². The number of thiocarbonyl (C=S) groups is 1. The van der Waals surface area contributed by atoms with E-state index < -0.39 is 13.2 Å². The lowest BCUT2D eigenvalue weighted by Crippen LogP contribution is -2.38. The van der Waals surface area contributed by atoms with E-state index in [-0.39, 0.29) is 13.2 Å². The fourth-order valence-corrected chi connectivity index (χ4v) is 2.85. The maximum Gasteiger partial charge on any atom is 0.496 e. The highest BCUT2D eigenvalue weighted by molar-refractivity contribution is 7.80. The molecule has 5 nitrogen and oxygen atoms in total. The number of phosphoric acid groups is 1. The first-order chi connectivity index (χ1) is 9.85. The maximum atomic E-state index is 12.2. The minimum atomic E-state index is -3.63. The zero-order chi connectivity index (χ0) is 15.9. The van der Waals surface area contributed by atoms with Crippen LogP contribution in [0.5, 0.6) is 0 Å². The first-order valence-electron chi connectivity index (χ1n) is 6.79. The van der Waals surface area contributed by atoms with Crippen molar-refractivity contribution in [3.8, 4) is 0 Å². The molecule has 118 valence electrons. The molecule has 0 amide bonds. The van der Waals surface area contributed by atoms with E-state index in [2.05, 4.69) is 5.48 Å². The number of hydrogen-bond acceptors (Lipinski definition) is 5. The van der Waals surface area contributed by atoms with Crippen LogP contribution in [0.25, 0.3) is 0 Å². The van der Waals surface area contributed by atoms with E-state index in [0.29, 0.717) is 4.99 Å². The van der Waals surface area contributed by atoms with Gasteiger partial charge in [0.15, 0.2) is 0 Å². The summed E-state index contributed by atoms with van der Waals surface area (Å²) in [7, 11) is -3.63. The Balaban J connectivity index is 2.74. The molecule has 0 fully saturated rings. The van der Waals surface area contributed by atoms with Crippen LogP contribution in [-0.4, -0.2) is 18.2 Å². The van der Waals surface area contributed by atoms with Crippen LogP contribution in [0, 0.1) is 0 Å². The van der Waals surface area contributed by atoms with Crippen LogP contribution in [0.1, 0.15) is 33.3 Å². The predicted octanol–water partition coefficient (Wildman–Crippen LogP) is 3.99. The summed E-state index contributed by atoms with van der Waals surface area (Å²) in [5.74, 6) is 0. The Bertz CT molecular complexity index is 497. The molecule has 0 radical (unpaired) electrons. The maximum absolute atomic E-state index is 12.2. The van der Waals surface area contributed by atoms with Gasteiger partial charge in [0.2, 0.25) is 0 Å². The lowest BCUT2D eigenvalue weighted by molar-refractivity contribution is 0.0997. The summed E-state index contributed by atoms with van der Waals surface area (Å²) in [6.45, 7) is 7.75. The fourth-order valence-electron chi connectivity index (χ4n) is 1.62. The van der Waals surface area contributed by atoms with Crippen LogP contribution >= 0.6 is 20.0 Å². The summed E-state index contributed by atoms with van der Waals surface area (Å²) in [6.07, 6.45) is 0. The average molecular weight is 331 g/mol. The molecule has 0 heterocycles. The summed E-state index contributed by atoms with van der Waals surface area (Å²) in [5, 5.41) is 0. The van der Waals surface area contributed by atoms with Crippen LogP contribution in [-0.2, 0) is 23.7 Å². The van der Waals surface area contributed by atoms with Crippen LogP contribution in [0.4, 0.5) is 0 Å². The lowest BCUT2D eigenvalue weighted by atomic mass is 9.85. The summed E-state index contributed by atoms with van der Waals surface area (Å²) >= 11 is 5.34. The van der Waals surface area contributed by atoms with Gasteiger partial charge in [-0.05, 0) is 33.3 Å². The zero-order valence-corrected chi connectivity index (χ0v) is 14.5. The number of benzene rings is 1. The predicted molar refractivity (Wildman–Crippen MR) is 87.1 cm³/mol. The highest BCUT2D eigenvalue weighted by Gasteiger charge is 2.31.